The summed E-state index contributed by atoms with van der Waals surface area (Å²) in [5.74, 6) is 1.77. The molecule has 12 aromatic rings. The van der Waals surface area contributed by atoms with Crippen molar-refractivity contribution in [2.24, 2.45) is 0 Å². The molecule has 0 bridgehead atoms. The standard InChI is InChI=1S/C58H36N6/c59-37-38-34-48(55-45-26-13-15-29-49(45)63(53(55)35-38)43-24-11-4-12-25-43)44-28-17-31-51-54(44)46-27-14-16-30-50(46)64(51)52-36-42(39-18-5-1-6-19-39)32-33-47(52)58-61-56(40-20-7-2-8-21-40)60-57(62-58)41-22-9-3-10-23-41/h1-36H. The van der Waals surface area contributed by atoms with E-state index in [0.29, 0.717) is 23.0 Å². The van der Waals surface area contributed by atoms with Gasteiger partial charge in [-0.2, -0.15) is 5.26 Å². The highest BCUT2D eigenvalue weighted by molar-refractivity contribution is 6.22. The summed E-state index contributed by atoms with van der Waals surface area (Å²) >= 11 is 0. The van der Waals surface area contributed by atoms with Crippen LogP contribution in [0.5, 0.6) is 0 Å². The molecule has 0 unspecified atom stereocenters. The quantitative estimate of drug-likeness (QED) is 0.161. The topological polar surface area (TPSA) is 72.3 Å². The number of hydrogen-bond acceptors (Lipinski definition) is 4. The molecule has 0 amide bonds. The van der Waals surface area contributed by atoms with E-state index in [1.807, 2.05) is 78.9 Å². The Morgan fingerprint density at radius 2 is 0.859 bits per heavy atom. The molecule has 0 fully saturated rings. The summed E-state index contributed by atoms with van der Waals surface area (Å²) in [5, 5.41) is 15.0. The second-order valence-electron chi connectivity index (χ2n) is 15.9. The van der Waals surface area contributed by atoms with Crippen LogP contribution in [0.25, 0.3) is 111 Å². The van der Waals surface area contributed by atoms with E-state index in [9.17, 15) is 5.26 Å². The van der Waals surface area contributed by atoms with Crippen molar-refractivity contribution < 1.29 is 0 Å². The van der Waals surface area contributed by atoms with Gasteiger partial charge in [0.25, 0.3) is 0 Å². The third-order valence-electron chi connectivity index (χ3n) is 12.2. The first-order valence-electron chi connectivity index (χ1n) is 21.3. The van der Waals surface area contributed by atoms with Gasteiger partial charge in [0.05, 0.1) is 39.4 Å². The van der Waals surface area contributed by atoms with Gasteiger partial charge in [0.1, 0.15) is 0 Å². The molecule has 6 heteroatoms. The second-order valence-corrected chi connectivity index (χ2v) is 15.9. The van der Waals surface area contributed by atoms with Crippen LogP contribution in [0.2, 0.25) is 0 Å². The Morgan fingerprint density at radius 3 is 1.48 bits per heavy atom. The maximum absolute atomic E-state index is 10.6. The first-order valence-corrected chi connectivity index (χ1v) is 21.3. The number of benzene rings is 9. The van der Waals surface area contributed by atoms with Gasteiger partial charge in [-0.05, 0) is 76.9 Å². The first-order chi connectivity index (χ1) is 31.7. The van der Waals surface area contributed by atoms with Crippen LogP contribution in [0.3, 0.4) is 0 Å². The molecule has 0 spiro atoms. The molecule has 12 rings (SSSR count). The van der Waals surface area contributed by atoms with Crippen LogP contribution in [0, 0.1) is 11.3 Å². The predicted octanol–water partition coefficient (Wildman–Crippen LogP) is 14.3. The van der Waals surface area contributed by atoms with Crippen LogP contribution in [0.1, 0.15) is 5.56 Å². The highest BCUT2D eigenvalue weighted by atomic mass is 15.1. The number of rotatable bonds is 7. The molecule has 0 saturated heterocycles. The van der Waals surface area contributed by atoms with Crippen LogP contribution in [-0.2, 0) is 0 Å². The summed E-state index contributed by atoms with van der Waals surface area (Å²) in [6.07, 6.45) is 0. The lowest BCUT2D eigenvalue weighted by molar-refractivity contribution is 1.06. The fraction of sp³-hybridized carbons (Fsp3) is 0. The van der Waals surface area contributed by atoms with E-state index in [0.717, 1.165) is 93.9 Å². The summed E-state index contributed by atoms with van der Waals surface area (Å²) in [5.41, 5.74) is 13.6. The van der Waals surface area contributed by atoms with Crippen molar-refractivity contribution in [2.75, 3.05) is 0 Å². The van der Waals surface area contributed by atoms with Crippen LogP contribution in [0.4, 0.5) is 0 Å². The first kappa shape index (κ1) is 36.9. The Hall–Kier alpha value is -8.92. The monoisotopic (exact) mass is 816 g/mol. The third-order valence-corrected chi connectivity index (χ3v) is 12.2. The lowest BCUT2D eigenvalue weighted by Gasteiger charge is -2.17. The molecule has 0 N–H and O–H groups in total. The normalized spacial score (nSPS) is 11.4. The van der Waals surface area contributed by atoms with Crippen LogP contribution >= 0.6 is 0 Å². The Labute approximate surface area is 369 Å². The summed E-state index contributed by atoms with van der Waals surface area (Å²) in [7, 11) is 0. The fourth-order valence-corrected chi connectivity index (χ4v) is 9.38. The van der Waals surface area contributed by atoms with Gasteiger partial charge in [-0.15, -0.1) is 0 Å². The van der Waals surface area contributed by atoms with Crippen molar-refractivity contribution in [1.29, 1.82) is 5.26 Å². The molecule has 0 aliphatic rings. The number of nitriles is 1. The summed E-state index contributed by atoms with van der Waals surface area (Å²) in [6, 6.07) is 78.0. The molecule has 298 valence electrons. The van der Waals surface area contributed by atoms with Crippen molar-refractivity contribution in [3.8, 4) is 73.9 Å². The predicted molar refractivity (Wildman–Crippen MR) is 260 cm³/mol. The average molecular weight is 817 g/mol. The summed E-state index contributed by atoms with van der Waals surface area (Å²) in [6.45, 7) is 0. The van der Waals surface area contributed by atoms with Gasteiger partial charge in [0.15, 0.2) is 17.5 Å². The van der Waals surface area contributed by atoms with Gasteiger partial charge in [0.2, 0.25) is 0 Å². The van der Waals surface area contributed by atoms with E-state index in [2.05, 4.69) is 155 Å². The zero-order chi connectivity index (χ0) is 42.6. The number of nitrogens with zero attached hydrogens (tertiary/aromatic N) is 6. The fourth-order valence-electron chi connectivity index (χ4n) is 9.38. The highest BCUT2D eigenvalue weighted by Crippen LogP contribution is 2.45. The maximum Gasteiger partial charge on any atom is 0.166 e. The summed E-state index contributed by atoms with van der Waals surface area (Å²) < 4.78 is 4.64. The molecule has 0 saturated carbocycles. The minimum atomic E-state index is 0.571. The molecule has 0 atom stereocenters. The second kappa shape index (κ2) is 15.2. The highest BCUT2D eigenvalue weighted by Gasteiger charge is 2.24. The number of aromatic nitrogens is 5. The number of para-hydroxylation sites is 3. The van der Waals surface area contributed by atoms with Crippen molar-refractivity contribution in [3.63, 3.8) is 0 Å². The maximum atomic E-state index is 10.6. The van der Waals surface area contributed by atoms with E-state index in [1.165, 1.54) is 0 Å². The zero-order valence-electron chi connectivity index (χ0n) is 34.5. The van der Waals surface area contributed by atoms with Gasteiger partial charge in [0, 0.05) is 43.9 Å². The van der Waals surface area contributed by atoms with E-state index < -0.39 is 0 Å². The van der Waals surface area contributed by atoms with Crippen LogP contribution < -0.4 is 0 Å². The average Bonchev–Trinajstić information content (AvgIpc) is 3.90. The molecular formula is C58H36N6. The van der Waals surface area contributed by atoms with Crippen LogP contribution in [0.15, 0.2) is 218 Å². The summed E-state index contributed by atoms with van der Waals surface area (Å²) in [4.78, 5) is 15.5. The molecular weight excluding hydrogens is 781 g/mol. The Kier molecular flexibility index (Phi) is 8.77. The molecule has 0 aliphatic heterocycles. The minimum absolute atomic E-state index is 0.571. The Bertz CT molecular complexity index is 3710. The largest absolute Gasteiger partial charge is 0.309 e. The van der Waals surface area contributed by atoms with Crippen LogP contribution in [-0.4, -0.2) is 24.1 Å². The molecule has 0 radical (unpaired) electrons. The smallest absolute Gasteiger partial charge is 0.166 e. The van der Waals surface area contributed by atoms with Gasteiger partial charge in [-0.1, -0.05) is 164 Å². The number of hydrogen-bond donors (Lipinski definition) is 0. The molecule has 3 heterocycles. The van der Waals surface area contributed by atoms with Gasteiger partial charge in [-0.3, -0.25) is 0 Å². The zero-order valence-corrected chi connectivity index (χ0v) is 34.5. The molecule has 6 nitrogen and oxygen atoms in total. The van der Waals surface area contributed by atoms with E-state index >= 15 is 0 Å². The van der Waals surface area contributed by atoms with Crippen molar-refractivity contribution in [3.05, 3.63) is 224 Å². The molecule has 3 aromatic heterocycles. The van der Waals surface area contributed by atoms with Gasteiger partial charge in [-0.25, -0.2) is 15.0 Å². The van der Waals surface area contributed by atoms with E-state index in [4.69, 9.17) is 15.0 Å². The van der Waals surface area contributed by atoms with E-state index in [-0.39, 0.29) is 0 Å². The minimum Gasteiger partial charge on any atom is -0.309 e. The van der Waals surface area contributed by atoms with Crippen molar-refractivity contribution in [2.45, 2.75) is 0 Å². The lowest BCUT2D eigenvalue weighted by Crippen LogP contribution is -2.04. The molecule has 64 heavy (non-hydrogen) atoms. The van der Waals surface area contributed by atoms with Gasteiger partial charge >= 0.3 is 0 Å². The van der Waals surface area contributed by atoms with E-state index in [1.54, 1.807) is 0 Å². The SMILES string of the molecule is N#Cc1cc(-c2cccc3c2c2ccccc2n3-c2cc(-c3ccccc3)ccc2-c2nc(-c3ccccc3)nc(-c3ccccc3)n2)c2c3ccccc3n(-c3ccccc3)c2c1. The molecule has 0 aliphatic carbocycles. The Morgan fingerprint density at radius 1 is 0.344 bits per heavy atom. The Balaban J connectivity index is 1.17. The van der Waals surface area contributed by atoms with Crippen molar-refractivity contribution in [1.82, 2.24) is 24.1 Å². The number of fused-ring (bicyclic) bond motifs is 6. The lowest BCUT2D eigenvalue weighted by atomic mass is 9.94. The molecule has 9 aromatic carbocycles. The van der Waals surface area contributed by atoms with Gasteiger partial charge < -0.3 is 9.13 Å². The third kappa shape index (κ3) is 6.06. The van der Waals surface area contributed by atoms with Crippen molar-refractivity contribution >= 4 is 43.6 Å².